The number of hydrogen-bond donors (Lipinski definition) is 1. The molecule has 0 aliphatic carbocycles. The van der Waals surface area contributed by atoms with E-state index >= 15 is 0 Å². The fourth-order valence-corrected chi connectivity index (χ4v) is 2.69. The third-order valence-corrected chi connectivity index (χ3v) is 3.97. The van der Waals surface area contributed by atoms with Gasteiger partial charge in [-0.3, -0.25) is 0 Å². The molecule has 0 unspecified atom stereocenters. The van der Waals surface area contributed by atoms with Crippen molar-refractivity contribution in [3.05, 3.63) is 34.0 Å². The number of hydrogen-bond acceptors (Lipinski definition) is 3. The second-order valence-electron chi connectivity index (χ2n) is 4.66. The van der Waals surface area contributed by atoms with Crippen LogP contribution in [0.3, 0.4) is 0 Å². The molecule has 0 bridgehead atoms. The van der Waals surface area contributed by atoms with Gasteiger partial charge in [0.25, 0.3) is 0 Å². The molecule has 0 saturated heterocycles. The van der Waals surface area contributed by atoms with Crippen LogP contribution in [0.4, 0.5) is 10.5 Å². The van der Waals surface area contributed by atoms with Crippen molar-refractivity contribution in [3.8, 4) is 11.3 Å². The van der Waals surface area contributed by atoms with Gasteiger partial charge in [0.05, 0.1) is 10.0 Å². The molecule has 0 atom stereocenters. The van der Waals surface area contributed by atoms with Crippen molar-refractivity contribution in [1.29, 1.82) is 0 Å². The van der Waals surface area contributed by atoms with Crippen LogP contribution in [-0.4, -0.2) is 29.2 Å². The molecule has 2 amide bonds. The van der Waals surface area contributed by atoms with E-state index in [0.29, 0.717) is 45.8 Å². The van der Waals surface area contributed by atoms with Crippen molar-refractivity contribution in [2.45, 2.75) is 20.8 Å². The van der Waals surface area contributed by atoms with Gasteiger partial charge >= 0.3 is 6.03 Å². The zero-order chi connectivity index (χ0) is 16.3. The minimum Gasteiger partial charge on any atom is -0.359 e. The van der Waals surface area contributed by atoms with Crippen molar-refractivity contribution < 1.29 is 9.32 Å². The molecular weight excluding hydrogens is 325 g/mol. The molecular formula is C15H17Cl2N3O2. The van der Waals surface area contributed by atoms with E-state index in [-0.39, 0.29) is 6.03 Å². The van der Waals surface area contributed by atoms with Crippen LogP contribution in [0.25, 0.3) is 11.3 Å². The maximum Gasteiger partial charge on any atom is 0.321 e. The number of benzene rings is 1. The van der Waals surface area contributed by atoms with Crippen molar-refractivity contribution in [3.63, 3.8) is 0 Å². The molecule has 1 aromatic carbocycles. The first-order chi connectivity index (χ1) is 10.5. The summed E-state index contributed by atoms with van der Waals surface area (Å²) in [7, 11) is 0. The maximum atomic E-state index is 12.3. The Hall–Kier alpha value is -1.72. The quantitative estimate of drug-likeness (QED) is 0.866. The Labute approximate surface area is 139 Å². The van der Waals surface area contributed by atoms with Gasteiger partial charge in [-0.05, 0) is 32.9 Å². The van der Waals surface area contributed by atoms with Gasteiger partial charge in [-0.25, -0.2) is 4.79 Å². The number of urea groups is 1. The summed E-state index contributed by atoms with van der Waals surface area (Å²) in [5, 5.41) is 7.71. The van der Waals surface area contributed by atoms with E-state index in [1.165, 1.54) is 0 Å². The second-order valence-corrected chi connectivity index (χ2v) is 5.48. The van der Waals surface area contributed by atoms with Gasteiger partial charge in [0.1, 0.15) is 11.4 Å². The summed E-state index contributed by atoms with van der Waals surface area (Å²) in [6.45, 7) is 6.76. The Morgan fingerprint density at radius 1 is 1.27 bits per heavy atom. The highest BCUT2D eigenvalue weighted by molar-refractivity contribution is 6.39. The molecule has 0 aliphatic rings. The SMILES string of the molecule is CCN(CC)C(=O)Nc1c(-c2c(Cl)cccc2Cl)noc1C. The van der Waals surface area contributed by atoms with E-state index in [2.05, 4.69) is 10.5 Å². The number of aromatic nitrogens is 1. The first-order valence-corrected chi connectivity index (χ1v) is 7.71. The number of aryl methyl sites for hydroxylation is 1. The molecule has 2 rings (SSSR count). The largest absolute Gasteiger partial charge is 0.359 e. The van der Waals surface area contributed by atoms with Crippen LogP contribution in [0, 0.1) is 6.92 Å². The molecule has 5 nitrogen and oxygen atoms in total. The fraction of sp³-hybridized carbons (Fsp3) is 0.333. The third-order valence-electron chi connectivity index (χ3n) is 3.34. The van der Waals surface area contributed by atoms with Gasteiger partial charge in [-0.15, -0.1) is 0 Å². The van der Waals surface area contributed by atoms with Crippen molar-refractivity contribution in [1.82, 2.24) is 10.1 Å². The van der Waals surface area contributed by atoms with Gasteiger partial charge in [0, 0.05) is 18.7 Å². The van der Waals surface area contributed by atoms with E-state index < -0.39 is 0 Å². The van der Waals surface area contributed by atoms with Crippen LogP contribution in [-0.2, 0) is 0 Å². The van der Waals surface area contributed by atoms with E-state index in [1.54, 1.807) is 30.0 Å². The molecule has 0 fully saturated rings. The summed E-state index contributed by atoms with van der Waals surface area (Å²) in [5.74, 6) is 0.492. The summed E-state index contributed by atoms with van der Waals surface area (Å²) in [4.78, 5) is 13.9. The van der Waals surface area contributed by atoms with Crippen LogP contribution >= 0.6 is 23.2 Å². The average Bonchev–Trinajstić information content (AvgIpc) is 2.82. The van der Waals surface area contributed by atoms with Crippen LogP contribution in [0.5, 0.6) is 0 Å². The molecule has 22 heavy (non-hydrogen) atoms. The molecule has 1 aromatic heterocycles. The first kappa shape index (κ1) is 16.6. The van der Waals surface area contributed by atoms with Crippen molar-refractivity contribution in [2.24, 2.45) is 0 Å². The summed E-state index contributed by atoms with van der Waals surface area (Å²) < 4.78 is 5.21. The molecule has 2 aromatic rings. The Morgan fingerprint density at radius 3 is 2.41 bits per heavy atom. The molecule has 118 valence electrons. The number of rotatable bonds is 4. The predicted octanol–water partition coefficient (Wildman–Crippen LogP) is 4.83. The number of nitrogens with zero attached hydrogens (tertiary/aromatic N) is 2. The standard InChI is InChI=1S/C15H17Cl2N3O2/c1-4-20(5-2)15(21)18-13-9(3)22-19-14(13)12-10(16)7-6-8-11(12)17/h6-8H,4-5H2,1-3H3,(H,18,21). The summed E-state index contributed by atoms with van der Waals surface area (Å²) in [6, 6.07) is 4.95. The number of amides is 2. The predicted molar refractivity (Wildman–Crippen MR) is 88.6 cm³/mol. The summed E-state index contributed by atoms with van der Waals surface area (Å²) in [5.41, 5.74) is 1.44. The average molecular weight is 342 g/mol. The Bertz CT molecular complexity index is 661. The lowest BCUT2D eigenvalue weighted by atomic mass is 10.1. The molecule has 0 spiro atoms. The zero-order valence-corrected chi connectivity index (χ0v) is 14.1. The topological polar surface area (TPSA) is 58.4 Å². The molecule has 1 heterocycles. The Balaban J connectivity index is 2.43. The van der Waals surface area contributed by atoms with Crippen LogP contribution in [0.15, 0.2) is 22.7 Å². The Morgan fingerprint density at radius 2 is 1.86 bits per heavy atom. The fourth-order valence-electron chi connectivity index (χ4n) is 2.11. The first-order valence-electron chi connectivity index (χ1n) is 6.96. The van der Waals surface area contributed by atoms with E-state index in [0.717, 1.165) is 0 Å². The lowest BCUT2D eigenvalue weighted by molar-refractivity contribution is 0.217. The van der Waals surface area contributed by atoms with Crippen molar-refractivity contribution >= 4 is 34.9 Å². The minimum atomic E-state index is -0.222. The second kappa shape index (κ2) is 7.03. The monoisotopic (exact) mass is 341 g/mol. The van der Waals surface area contributed by atoms with Gasteiger partial charge in [0.2, 0.25) is 0 Å². The number of carbonyl (C=O) groups excluding carboxylic acids is 1. The highest BCUT2D eigenvalue weighted by atomic mass is 35.5. The summed E-state index contributed by atoms with van der Waals surface area (Å²) >= 11 is 12.4. The highest BCUT2D eigenvalue weighted by Crippen LogP contribution is 2.39. The highest BCUT2D eigenvalue weighted by Gasteiger charge is 2.22. The smallest absolute Gasteiger partial charge is 0.321 e. The number of carbonyl (C=O) groups is 1. The van der Waals surface area contributed by atoms with Gasteiger partial charge in [-0.1, -0.05) is 34.4 Å². The maximum absolute atomic E-state index is 12.3. The van der Waals surface area contributed by atoms with Crippen LogP contribution < -0.4 is 5.32 Å². The van der Waals surface area contributed by atoms with Crippen LogP contribution in [0.2, 0.25) is 10.0 Å². The minimum absolute atomic E-state index is 0.222. The molecule has 0 saturated carbocycles. The molecule has 1 N–H and O–H groups in total. The third kappa shape index (κ3) is 3.20. The van der Waals surface area contributed by atoms with E-state index in [1.807, 2.05) is 13.8 Å². The molecule has 0 aliphatic heterocycles. The molecule has 0 radical (unpaired) electrons. The number of anilines is 1. The summed E-state index contributed by atoms with van der Waals surface area (Å²) in [6.07, 6.45) is 0. The normalized spacial score (nSPS) is 10.6. The van der Waals surface area contributed by atoms with Crippen molar-refractivity contribution in [2.75, 3.05) is 18.4 Å². The van der Waals surface area contributed by atoms with Gasteiger partial charge in [0.15, 0.2) is 5.76 Å². The lowest BCUT2D eigenvalue weighted by Crippen LogP contribution is -2.34. The number of halogens is 2. The Kier molecular flexibility index (Phi) is 5.32. The zero-order valence-electron chi connectivity index (χ0n) is 12.6. The van der Waals surface area contributed by atoms with E-state index in [9.17, 15) is 4.79 Å². The molecule has 7 heteroatoms. The van der Waals surface area contributed by atoms with Gasteiger partial charge < -0.3 is 14.7 Å². The van der Waals surface area contributed by atoms with Crippen LogP contribution in [0.1, 0.15) is 19.6 Å². The van der Waals surface area contributed by atoms with E-state index in [4.69, 9.17) is 27.7 Å². The van der Waals surface area contributed by atoms with Gasteiger partial charge in [-0.2, -0.15) is 0 Å². The number of nitrogens with one attached hydrogen (secondary N) is 1. The lowest BCUT2D eigenvalue weighted by Gasteiger charge is -2.19.